The molecule has 0 aliphatic rings. The van der Waals surface area contributed by atoms with Crippen molar-refractivity contribution < 1.29 is 34.0 Å². The molecular weight excluding hydrogens is 460 g/mol. The van der Waals surface area contributed by atoms with E-state index in [9.17, 15) is 15.0 Å². The van der Waals surface area contributed by atoms with Crippen molar-refractivity contribution in [3.05, 3.63) is 108 Å². The van der Waals surface area contributed by atoms with E-state index in [0.717, 1.165) is 16.7 Å². The predicted octanol–water partition coefficient (Wildman–Crippen LogP) is 3.66. The van der Waals surface area contributed by atoms with E-state index >= 15 is 0 Å². The second kappa shape index (κ2) is 15.1. The van der Waals surface area contributed by atoms with Gasteiger partial charge in [0.2, 0.25) is 0 Å². The number of aliphatic hydroxyl groups excluding tert-OH is 2. The summed E-state index contributed by atoms with van der Waals surface area (Å²) in [6.45, 7) is 1.31. The zero-order chi connectivity index (χ0) is 25.6. The minimum atomic E-state index is -1.25. The lowest BCUT2D eigenvalue weighted by Crippen LogP contribution is -2.51. The van der Waals surface area contributed by atoms with Gasteiger partial charge in [-0.3, -0.25) is 4.79 Å². The van der Waals surface area contributed by atoms with Crippen molar-refractivity contribution in [1.29, 1.82) is 0 Å². The molecule has 3 aromatic carbocycles. The van der Waals surface area contributed by atoms with Crippen LogP contribution in [0, 0.1) is 0 Å². The molecule has 0 radical (unpaired) electrons. The highest BCUT2D eigenvalue weighted by Crippen LogP contribution is 2.21. The van der Waals surface area contributed by atoms with Crippen LogP contribution in [0.4, 0.5) is 0 Å². The Labute approximate surface area is 212 Å². The third-order valence-electron chi connectivity index (χ3n) is 5.58. The van der Waals surface area contributed by atoms with Gasteiger partial charge in [-0.1, -0.05) is 91.0 Å². The number of benzene rings is 3. The molecule has 0 bridgehead atoms. The molecule has 2 N–H and O–H groups in total. The van der Waals surface area contributed by atoms with E-state index < -0.39 is 37.0 Å². The van der Waals surface area contributed by atoms with E-state index in [1.807, 2.05) is 91.0 Å². The van der Waals surface area contributed by atoms with Crippen LogP contribution >= 0.6 is 0 Å². The van der Waals surface area contributed by atoms with Gasteiger partial charge in [0.05, 0.1) is 26.4 Å². The van der Waals surface area contributed by atoms with Gasteiger partial charge in [0.25, 0.3) is 0 Å². The maximum Gasteiger partial charge on any atom is 0.302 e. The van der Waals surface area contributed by atoms with Crippen LogP contribution in [0.25, 0.3) is 0 Å². The van der Waals surface area contributed by atoms with Gasteiger partial charge in [-0.25, -0.2) is 0 Å². The second-order valence-electron chi connectivity index (χ2n) is 8.41. The van der Waals surface area contributed by atoms with Gasteiger partial charge < -0.3 is 29.2 Å². The summed E-state index contributed by atoms with van der Waals surface area (Å²) in [7, 11) is 0. The molecule has 4 atom stereocenters. The normalized spacial score (nSPS) is 14.5. The molecule has 192 valence electrons. The van der Waals surface area contributed by atoms with Crippen LogP contribution in [0.5, 0.6) is 0 Å². The highest BCUT2D eigenvalue weighted by Gasteiger charge is 2.37. The Morgan fingerprint density at radius 3 is 1.53 bits per heavy atom. The number of carbonyl (C=O) groups is 1. The van der Waals surface area contributed by atoms with Crippen molar-refractivity contribution >= 4 is 5.97 Å². The molecule has 0 saturated carbocycles. The van der Waals surface area contributed by atoms with Gasteiger partial charge in [-0.2, -0.15) is 0 Å². The fourth-order valence-corrected chi connectivity index (χ4v) is 3.69. The Balaban J connectivity index is 1.86. The Hall–Kier alpha value is -3.07. The van der Waals surface area contributed by atoms with Crippen LogP contribution in [-0.4, -0.2) is 53.8 Å². The smallest absolute Gasteiger partial charge is 0.302 e. The summed E-state index contributed by atoms with van der Waals surface area (Å²) < 4.78 is 23.9. The van der Waals surface area contributed by atoms with Crippen molar-refractivity contribution in [2.75, 3.05) is 13.2 Å². The predicted molar refractivity (Wildman–Crippen MR) is 135 cm³/mol. The minimum absolute atomic E-state index is 0.106. The zero-order valence-corrected chi connectivity index (χ0v) is 20.4. The highest BCUT2D eigenvalue weighted by atomic mass is 16.6. The first-order chi connectivity index (χ1) is 17.6. The lowest BCUT2D eigenvalue weighted by molar-refractivity contribution is -0.195. The second-order valence-corrected chi connectivity index (χ2v) is 8.41. The van der Waals surface area contributed by atoms with Crippen molar-refractivity contribution in [2.24, 2.45) is 0 Å². The summed E-state index contributed by atoms with van der Waals surface area (Å²) in [4.78, 5) is 11.7. The average molecular weight is 495 g/mol. The maximum absolute atomic E-state index is 11.7. The van der Waals surface area contributed by atoms with E-state index in [1.165, 1.54) is 6.92 Å². The van der Waals surface area contributed by atoms with Gasteiger partial charge in [0.1, 0.15) is 31.0 Å². The van der Waals surface area contributed by atoms with Crippen molar-refractivity contribution in [1.82, 2.24) is 0 Å². The van der Waals surface area contributed by atoms with Crippen LogP contribution in [0.3, 0.4) is 0 Å². The quantitative estimate of drug-likeness (QED) is 0.312. The number of esters is 1. The lowest BCUT2D eigenvalue weighted by Gasteiger charge is -2.35. The summed E-state index contributed by atoms with van der Waals surface area (Å²) in [5.74, 6) is -0.463. The molecular formula is C29H34O7. The molecule has 0 unspecified atom stereocenters. The van der Waals surface area contributed by atoms with Crippen molar-refractivity contribution in [3.8, 4) is 0 Å². The molecule has 0 saturated heterocycles. The molecule has 0 aliphatic heterocycles. The van der Waals surface area contributed by atoms with E-state index in [-0.39, 0.29) is 26.4 Å². The van der Waals surface area contributed by atoms with Crippen molar-refractivity contribution in [2.45, 2.75) is 51.2 Å². The Morgan fingerprint density at radius 2 is 1.11 bits per heavy atom. The van der Waals surface area contributed by atoms with Gasteiger partial charge in [-0.05, 0) is 16.7 Å². The monoisotopic (exact) mass is 494 g/mol. The molecule has 3 rings (SSSR count). The summed E-state index contributed by atoms with van der Waals surface area (Å²) in [5.41, 5.74) is 2.74. The Morgan fingerprint density at radius 1 is 0.694 bits per heavy atom. The molecule has 0 aromatic heterocycles. The molecule has 7 heteroatoms. The number of carbonyl (C=O) groups excluding carboxylic acids is 1. The van der Waals surface area contributed by atoms with Crippen LogP contribution in [0.2, 0.25) is 0 Å². The third kappa shape index (κ3) is 9.18. The number of ether oxygens (including phenoxy) is 4. The number of hydrogen-bond acceptors (Lipinski definition) is 7. The van der Waals surface area contributed by atoms with Crippen LogP contribution in [-0.2, 0) is 43.6 Å². The zero-order valence-electron chi connectivity index (χ0n) is 20.4. The van der Waals surface area contributed by atoms with Gasteiger partial charge in [-0.15, -0.1) is 0 Å². The van der Waals surface area contributed by atoms with Gasteiger partial charge >= 0.3 is 5.97 Å². The Kier molecular flexibility index (Phi) is 11.6. The molecule has 0 heterocycles. The van der Waals surface area contributed by atoms with Crippen LogP contribution < -0.4 is 0 Å². The third-order valence-corrected chi connectivity index (χ3v) is 5.58. The highest BCUT2D eigenvalue weighted by molar-refractivity contribution is 5.65. The van der Waals surface area contributed by atoms with E-state index in [2.05, 4.69) is 0 Å². The molecule has 0 amide bonds. The molecule has 36 heavy (non-hydrogen) atoms. The number of hydrogen-bond donors (Lipinski definition) is 2. The largest absolute Gasteiger partial charge is 0.463 e. The van der Waals surface area contributed by atoms with E-state index in [0.29, 0.717) is 0 Å². The maximum atomic E-state index is 11.7. The van der Waals surface area contributed by atoms with Crippen LogP contribution in [0.15, 0.2) is 91.0 Å². The van der Waals surface area contributed by atoms with Crippen LogP contribution in [0.1, 0.15) is 23.6 Å². The molecule has 0 aliphatic carbocycles. The fraction of sp³-hybridized carbons (Fsp3) is 0.345. The summed E-state index contributed by atoms with van der Waals surface area (Å²) >= 11 is 0. The van der Waals surface area contributed by atoms with Crippen molar-refractivity contribution in [3.63, 3.8) is 0 Å². The SMILES string of the molecule is CC(=O)OC[C@H](OCc1ccccc1)[C@@H](OCc1ccccc1)[C@H](OCc1ccccc1)[C@H](O)CO. The fourth-order valence-electron chi connectivity index (χ4n) is 3.69. The van der Waals surface area contributed by atoms with Gasteiger partial charge in [0.15, 0.2) is 0 Å². The average Bonchev–Trinajstić information content (AvgIpc) is 2.92. The first kappa shape index (κ1) is 27.5. The van der Waals surface area contributed by atoms with E-state index in [1.54, 1.807) is 0 Å². The number of rotatable bonds is 15. The first-order valence-corrected chi connectivity index (χ1v) is 12.0. The molecule has 3 aromatic rings. The lowest BCUT2D eigenvalue weighted by atomic mass is 10.0. The first-order valence-electron chi connectivity index (χ1n) is 12.0. The Bertz CT molecular complexity index is 998. The topological polar surface area (TPSA) is 94.5 Å². The molecule has 0 spiro atoms. The summed E-state index contributed by atoms with van der Waals surface area (Å²) in [6, 6.07) is 28.7. The van der Waals surface area contributed by atoms with Gasteiger partial charge in [0, 0.05) is 6.92 Å². The summed E-state index contributed by atoms with van der Waals surface area (Å²) in [6.07, 6.45) is -3.86. The summed E-state index contributed by atoms with van der Waals surface area (Å²) in [5, 5.41) is 20.6. The number of aliphatic hydroxyl groups is 2. The standard InChI is InChI=1S/C29H34O7/c1-22(31)33-21-27(34-18-23-11-5-2-6-12-23)29(36-20-25-15-9-4-10-16-25)28(26(32)17-30)35-19-24-13-7-3-8-14-24/h2-16,26-30,32H,17-21H2,1H3/t26-,27+,28-,29-/m1/s1. The molecule has 7 nitrogen and oxygen atoms in total. The minimum Gasteiger partial charge on any atom is -0.463 e. The molecule has 0 fully saturated rings. The van der Waals surface area contributed by atoms with E-state index in [4.69, 9.17) is 18.9 Å².